The molecule has 0 bridgehead atoms. The van der Waals surface area contributed by atoms with Gasteiger partial charge in [0, 0.05) is 6.61 Å². The third kappa shape index (κ3) is 2.21. The lowest BCUT2D eigenvalue weighted by Gasteiger charge is -2.34. The molecule has 13 heavy (non-hydrogen) atoms. The van der Waals surface area contributed by atoms with Crippen molar-refractivity contribution in [2.24, 2.45) is 11.3 Å². The lowest BCUT2D eigenvalue weighted by Crippen LogP contribution is -2.34. The van der Waals surface area contributed by atoms with Gasteiger partial charge >= 0.3 is 5.97 Å². The van der Waals surface area contributed by atoms with Crippen molar-refractivity contribution in [2.45, 2.75) is 32.6 Å². The van der Waals surface area contributed by atoms with Crippen LogP contribution < -0.4 is 0 Å². The molecular weight excluding hydrogens is 168 g/mol. The normalized spacial score (nSPS) is 34.2. The predicted octanol–water partition coefficient (Wildman–Crippen LogP) is 1.35. The molecule has 0 atom stereocenters. The van der Waals surface area contributed by atoms with Gasteiger partial charge in [-0.1, -0.05) is 0 Å². The van der Waals surface area contributed by atoms with E-state index in [4.69, 9.17) is 9.84 Å². The molecule has 1 aliphatic carbocycles. The molecule has 0 aromatic rings. The minimum absolute atomic E-state index is 0.108. The first-order valence-corrected chi connectivity index (χ1v) is 4.81. The number of carbonyl (C=O) groups excluding carboxylic acids is 1. The summed E-state index contributed by atoms with van der Waals surface area (Å²) in [5.41, 5.74) is -0.305. The zero-order chi connectivity index (χ0) is 9.90. The van der Waals surface area contributed by atoms with Crippen molar-refractivity contribution in [1.82, 2.24) is 0 Å². The molecule has 76 valence electrons. The van der Waals surface area contributed by atoms with E-state index in [1.807, 2.05) is 6.92 Å². The maximum absolute atomic E-state index is 11.4. The molecule has 0 amide bonds. The molecule has 0 heterocycles. The van der Waals surface area contributed by atoms with Crippen molar-refractivity contribution < 1.29 is 14.6 Å². The van der Waals surface area contributed by atoms with Crippen LogP contribution in [0.3, 0.4) is 0 Å². The number of aliphatic hydroxyl groups is 1. The quantitative estimate of drug-likeness (QED) is 0.662. The Morgan fingerprint density at radius 1 is 1.54 bits per heavy atom. The van der Waals surface area contributed by atoms with Crippen LogP contribution in [0.5, 0.6) is 0 Å². The lowest BCUT2D eigenvalue weighted by atomic mass is 9.72. The number of aliphatic hydroxyl groups excluding tert-OH is 1. The highest BCUT2D eigenvalue weighted by Gasteiger charge is 2.38. The summed E-state index contributed by atoms with van der Waals surface area (Å²) < 4.78 is 4.76. The van der Waals surface area contributed by atoms with E-state index < -0.39 is 0 Å². The highest BCUT2D eigenvalue weighted by atomic mass is 16.5. The van der Waals surface area contributed by atoms with E-state index in [1.165, 1.54) is 7.11 Å². The van der Waals surface area contributed by atoms with Crippen LogP contribution in [0.1, 0.15) is 32.6 Å². The van der Waals surface area contributed by atoms with Gasteiger partial charge in [0.05, 0.1) is 12.5 Å². The van der Waals surface area contributed by atoms with E-state index >= 15 is 0 Å². The number of rotatable bonds is 2. The van der Waals surface area contributed by atoms with Crippen LogP contribution in [0.4, 0.5) is 0 Å². The van der Waals surface area contributed by atoms with Gasteiger partial charge in [-0.2, -0.15) is 0 Å². The minimum Gasteiger partial charge on any atom is -0.469 e. The number of ether oxygens (including phenoxy) is 1. The largest absolute Gasteiger partial charge is 0.469 e. The monoisotopic (exact) mass is 186 g/mol. The van der Waals surface area contributed by atoms with Gasteiger partial charge < -0.3 is 9.84 Å². The summed E-state index contributed by atoms with van der Waals surface area (Å²) in [4.78, 5) is 11.4. The molecule has 3 nitrogen and oxygen atoms in total. The first-order valence-electron chi connectivity index (χ1n) is 4.81. The van der Waals surface area contributed by atoms with Gasteiger partial charge in [-0.05, 0) is 38.5 Å². The molecular formula is C10H18O3. The van der Waals surface area contributed by atoms with E-state index in [-0.39, 0.29) is 18.0 Å². The molecule has 0 spiro atoms. The van der Waals surface area contributed by atoms with Gasteiger partial charge in [-0.15, -0.1) is 0 Å². The number of methoxy groups -OCH3 is 1. The average molecular weight is 186 g/mol. The fraction of sp³-hybridized carbons (Fsp3) is 0.900. The predicted molar refractivity (Wildman–Crippen MR) is 49.2 cm³/mol. The standard InChI is InChI=1S/C10H18O3/c1-10(9(12)13-2)5-3-8(7-11)4-6-10/h8,11H,3-7H2,1-2H3. The molecule has 1 aliphatic rings. The highest BCUT2D eigenvalue weighted by molar-refractivity contribution is 5.76. The van der Waals surface area contributed by atoms with Gasteiger partial charge in [0.2, 0.25) is 0 Å². The zero-order valence-corrected chi connectivity index (χ0v) is 8.38. The molecule has 1 N–H and O–H groups in total. The fourth-order valence-corrected chi connectivity index (χ4v) is 1.95. The van der Waals surface area contributed by atoms with Crippen LogP contribution in [0.2, 0.25) is 0 Å². The van der Waals surface area contributed by atoms with Crippen LogP contribution in [0.15, 0.2) is 0 Å². The molecule has 1 saturated carbocycles. The van der Waals surface area contributed by atoms with E-state index in [9.17, 15) is 4.79 Å². The summed E-state index contributed by atoms with van der Waals surface area (Å²) in [6, 6.07) is 0. The van der Waals surface area contributed by atoms with E-state index in [2.05, 4.69) is 0 Å². The van der Waals surface area contributed by atoms with E-state index in [0.717, 1.165) is 25.7 Å². The molecule has 0 unspecified atom stereocenters. The van der Waals surface area contributed by atoms with Crippen molar-refractivity contribution in [2.75, 3.05) is 13.7 Å². The summed E-state index contributed by atoms with van der Waals surface area (Å²) >= 11 is 0. The lowest BCUT2D eigenvalue weighted by molar-refractivity contribution is -0.154. The van der Waals surface area contributed by atoms with Crippen molar-refractivity contribution in [1.29, 1.82) is 0 Å². The molecule has 0 aromatic carbocycles. The molecule has 3 heteroatoms. The van der Waals surface area contributed by atoms with Crippen LogP contribution in [0.25, 0.3) is 0 Å². The first-order chi connectivity index (χ1) is 6.12. The Morgan fingerprint density at radius 3 is 2.46 bits per heavy atom. The Bertz CT molecular complexity index is 181. The van der Waals surface area contributed by atoms with Crippen LogP contribution in [0, 0.1) is 11.3 Å². The summed E-state index contributed by atoms with van der Waals surface area (Å²) in [7, 11) is 1.44. The molecule has 0 aliphatic heterocycles. The molecule has 0 saturated heterocycles. The van der Waals surface area contributed by atoms with Crippen LogP contribution in [-0.2, 0) is 9.53 Å². The van der Waals surface area contributed by atoms with Gasteiger partial charge in [0.25, 0.3) is 0 Å². The Hall–Kier alpha value is -0.570. The third-order valence-electron chi connectivity index (χ3n) is 3.15. The van der Waals surface area contributed by atoms with Gasteiger partial charge in [0.15, 0.2) is 0 Å². The van der Waals surface area contributed by atoms with Crippen molar-refractivity contribution in [3.8, 4) is 0 Å². The van der Waals surface area contributed by atoms with Gasteiger partial charge in [-0.3, -0.25) is 4.79 Å². The second kappa shape index (κ2) is 4.09. The zero-order valence-electron chi connectivity index (χ0n) is 8.38. The van der Waals surface area contributed by atoms with Crippen molar-refractivity contribution in [3.63, 3.8) is 0 Å². The molecule has 1 rings (SSSR count). The number of hydrogen-bond acceptors (Lipinski definition) is 3. The SMILES string of the molecule is COC(=O)C1(C)CCC(CO)CC1. The summed E-state index contributed by atoms with van der Waals surface area (Å²) in [6.07, 6.45) is 3.54. The second-order valence-corrected chi connectivity index (χ2v) is 4.18. The molecule has 1 fully saturated rings. The summed E-state index contributed by atoms with van der Waals surface area (Å²) in [6.45, 7) is 2.20. The fourth-order valence-electron chi connectivity index (χ4n) is 1.95. The van der Waals surface area contributed by atoms with Crippen LogP contribution >= 0.6 is 0 Å². The Kier molecular flexibility index (Phi) is 3.31. The third-order valence-corrected chi connectivity index (χ3v) is 3.15. The number of carbonyl (C=O) groups is 1. The Balaban J connectivity index is 2.51. The summed E-state index contributed by atoms with van der Waals surface area (Å²) in [5.74, 6) is 0.279. The first kappa shape index (κ1) is 10.5. The topological polar surface area (TPSA) is 46.5 Å². The molecule has 0 radical (unpaired) electrons. The van der Waals surface area contributed by atoms with E-state index in [1.54, 1.807) is 0 Å². The molecule has 0 aromatic heterocycles. The smallest absolute Gasteiger partial charge is 0.311 e. The average Bonchev–Trinajstić information content (AvgIpc) is 2.18. The Morgan fingerprint density at radius 2 is 2.08 bits per heavy atom. The number of esters is 1. The highest BCUT2D eigenvalue weighted by Crippen LogP contribution is 2.39. The maximum atomic E-state index is 11.4. The second-order valence-electron chi connectivity index (χ2n) is 4.18. The van der Waals surface area contributed by atoms with Crippen molar-refractivity contribution >= 4 is 5.97 Å². The van der Waals surface area contributed by atoms with E-state index in [0.29, 0.717) is 5.92 Å². The summed E-state index contributed by atoms with van der Waals surface area (Å²) in [5, 5.41) is 8.94. The van der Waals surface area contributed by atoms with Gasteiger partial charge in [-0.25, -0.2) is 0 Å². The number of hydrogen-bond donors (Lipinski definition) is 1. The Labute approximate surface area is 79.1 Å². The van der Waals surface area contributed by atoms with Crippen LogP contribution in [-0.4, -0.2) is 24.8 Å². The minimum atomic E-state index is -0.305. The van der Waals surface area contributed by atoms with Gasteiger partial charge in [0.1, 0.15) is 0 Å². The maximum Gasteiger partial charge on any atom is 0.311 e. The van der Waals surface area contributed by atoms with Crippen molar-refractivity contribution in [3.05, 3.63) is 0 Å².